The Kier molecular flexibility index (Phi) is 5.71. The highest BCUT2D eigenvalue weighted by atomic mass is 32.2. The lowest BCUT2D eigenvalue weighted by molar-refractivity contribution is -0.140. The molecular formula is C17H23FN2O4S. The monoisotopic (exact) mass is 370 g/mol. The third-order valence-corrected chi connectivity index (χ3v) is 6.48. The van der Waals surface area contributed by atoms with E-state index < -0.39 is 10.0 Å². The molecule has 2 aliphatic rings. The summed E-state index contributed by atoms with van der Waals surface area (Å²) in [6, 6.07) is 5.49. The molecule has 1 unspecified atom stereocenters. The number of nitrogens with zero attached hydrogens (tertiary/aromatic N) is 2. The molecule has 25 heavy (non-hydrogen) atoms. The summed E-state index contributed by atoms with van der Waals surface area (Å²) >= 11 is 0. The molecule has 2 aliphatic heterocycles. The molecule has 138 valence electrons. The number of rotatable bonds is 4. The van der Waals surface area contributed by atoms with Crippen LogP contribution >= 0.6 is 0 Å². The Hall–Kier alpha value is -1.51. The Bertz CT molecular complexity index is 702. The number of carbonyl (C=O) groups is 1. The van der Waals surface area contributed by atoms with E-state index in [9.17, 15) is 17.6 Å². The summed E-state index contributed by atoms with van der Waals surface area (Å²) in [7, 11) is -3.50. The third-order valence-electron chi connectivity index (χ3n) is 4.63. The molecule has 1 aromatic rings. The Labute approximate surface area is 147 Å². The fourth-order valence-corrected chi connectivity index (χ4v) is 4.81. The molecule has 1 aromatic carbocycles. The maximum atomic E-state index is 13.0. The van der Waals surface area contributed by atoms with Crippen molar-refractivity contribution in [3.8, 4) is 0 Å². The SMILES string of the molecule is O=C(C1CCCO1)N1CCCN(S(=O)(=O)Cc2ccc(F)cc2)CC1. The summed E-state index contributed by atoms with van der Waals surface area (Å²) in [4.78, 5) is 14.1. The minimum atomic E-state index is -3.50. The summed E-state index contributed by atoms with van der Waals surface area (Å²) in [5.41, 5.74) is 0.554. The highest BCUT2D eigenvalue weighted by Gasteiger charge is 2.31. The van der Waals surface area contributed by atoms with Crippen LogP contribution in [0.5, 0.6) is 0 Å². The van der Waals surface area contributed by atoms with E-state index in [1.54, 1.807) is 4.90 Å². The predicted molar refractivity (Wildman–Crippen MR) is 90.8 cm³/mol. The summed E-state index contributed by atoms with van der Waals surface area (Å²) < 4.78 is 45.1. The first kappa shape index (κ1) is 18.3. The molecule has 0 saturated carbocycles. The molecule has 2 heterocycles. The van der Waals surface area contributed by atoms with Gasteiger partial charge in [0.2, 0.25) is 10.0 Å². The number of ether oxygens (including phenoxy) is 1. The van der Waals surface area contributed by atoms with Crippen LogP contribution < -0.4 is 0 Å². The van der Waals surface area contributed by atoms with Gasteiger partial charge in [-0.3, -0.25) is 4.79 Å². The topological polar surface area (TPSA) is 66.9 Å². The van der Waals surface area contributed by atoms with Crippen LogP contribution in [0.3, 0.4) is 0 Å². The molecule has 0 bridgehead atoms. The number of benzene rings is 1. The normalized spacial score (nSPS) is 22.8. The zero-order chi connectivity index (χ0) is 17.9. The standard InChI is InChI=1S/C17H23FN2O4S/c18-15-6-4-14(5-7-15)13-25(22,23)20-9-2-8-19(10-11-20)17(21)16-3-1-12-24-16/h4-7,16H,1-3,8-13H2. The van der Waals surface area contributed by atoms with Crippen LogP contribution in [0.1, 0.15) is 24.8 Å². The summed E-state index contributed by atoms with van der Waals surface area (Å²) in [6.07, 6.45) is 1.85. The molecule has 2 saturated heterocycles. The van der Waals surface area contributed by atoms with Gasteiger partial charge in [0, 0.05) is 32.8 Å². The highest BCUT2D eigenvalue weighted by Crippen LogP contribution is 2.18. The zero-order valence-corrected chi connectivity index (χ0v) is 14.9. The van der Waals surface area contributed by atoms with E-state index in [4.69, 9.17) is 4.74 Å². The molecule has 1 atom stereocenters. The van der Waals surface area contributed by atoms with Gasteiger partial charge in [-0.15, -0.1) is 0 Å². The molecule has 0 N–H and O–H groups in total. The Morgan fingerprint density at radius 1 is 1.12 bits per heavy atom. The second-order valence-corrected chi connectivity index (χ2v) is 8.43. The first-order valence-electron chi connectivity index (χ1n) is 8.58. The van der Waals surface area contributed by atoms with Gasteiger partial charge in [0.15, 0.2) is 0 Å². The van der Waals surface area contributed by atoms with Gasteiger partial charge >= 0.3 is 0 Å². The average molecular weight is 370 g/mol. The number of carbonyl (C=O) groups excluding carboxylic acids is 1. The molecule has 0 aromatic heterocycles. The predicted octanol–water partition coefficient (Wildman–Crippen LogP) is 1.37. The van der Waals surface area contributed by atoms with Gasteiger partial charge in [0.05, 0.1) is 5.75 Å². The molecule has 3 rings (SSSR count). The summed E-state index contributed by atoms with van der Waals surface area (Å²) in [6.45, 7) is 2.20. The van der Waals surface area contributed by atoms with E-state index in [1.807, 2.05) is 0 Å². The van der Waals surface area contributed by atoms with Crippen molar-refractivity contribution in [3.63, 3.8) is 0 Å². The largest absolute Gasteiger partial charge is 0.368 e. The van der Waals surface area contributed by atoms with Crippen LogP contribution in [-0.4, -0.2) is 62.4 Å². The van der Waals surface area contributed by atoms with E-state index in [0.29, 0.717) is 38.2 Å². The van der Waals surface area contributed by atoms with E-state index in [0.717, 1.165) is 12.8 Å². The quantitative estimate of drug-likeness (QED) is 0.803. The van der Waals surface area contributed by atoms with E-state index in [-0.39, 0.29) is 30.1 Å². The number of halogens is 1. The Balaban J connectivity index is 1.61. The van der Waals surface area contributed by atoms with Crippen molar-refractivity contribution in [1.82, 2.24) is 9.21 Å². The van der Waals surface area contributed by atoms with Gasteiger partial charge in [0.25, 0.3) is 5.91 Å². The lowest BCUT2D eigenvalue weighted by atomic mass is 10.2. The fraction of sp³-hybridized carbons (Fsp3) is 0.588. The van der Waals surface area contributed by atoms with Crippen molar-refractivity contribution in [2.75, 3.05) is 32.8 Å². The van der Waals surface area contributed by atoms with Crippen molar-refractivity contribution in [2.24, 2.45) is 0 Å². The van der Waals surface area contributed by atoms with Crippen molar-refractivity contribution in [2.45, 2.75) is 31.1 Å². The van der Waals surface area contributed by atoms with Crippen molar-refractivity contribution < 1.29 is 22.3 Å². The third kappa shape index (κ3) is 4.56. The minimum absolute atomic E-state index is 0.0321. The van der Waals surface area contributed by atoms with Crippen molar-refractivity contribution >= 4 is 15.9 Å². The van der Waals surface area contributed by atoms with Gasteiger partial charge in [-0.05, 0) is 37.0 Å². The van der Waals surface area contributed by atoms with Gasteiger partial charge in [0.1, 0.15) is 11.9 Å². The van der Waals surface area contributed by atoms with Crippen molar-refractivity contribution in [1.29, 1.82) is 0 Å². The molecule has 0 aliphatic carbocycles. The fourth-order valence-electron chi connectivity index (χ4n) is 3.25. The second kappa shape index (κ2) is 7.80. The summed E-state index contributed by atoms with van der Waals surface area (Å²) in [5.74, 6) is -0.582. The molecule has 2 fully saturated rings. The number of amides is 1. The molecule has 8 heteroatoms. The van der Waals surface area contributed by atoms with Crippen LogP contribution in [0.15, 0.2) is 24.3 Å². The minimum Gasteiger partial charge on any atom is -0.368 e. The molecule has 1 amide bonds. The number of hydrogen-bond donors (Lipinski definition) is 0. The highest BCUT2D eigenvalue weighted by molar-refractivity contribution is 7.88. The lowest BCUT2D eigenvalue weighted by Gasteiger charge is -2.24. The molecule has 6 nitrogen and oxygen atoms in total. The summed E-state index contributed by atoms with van der Waals surface area (Å²) in [5, 5.41) is 0. The average Bonchev–Trinajstić information content (AvgIpc) is 3.00. The van der Waals surface area contributed by atoms with Gasteiger partial charge in [-0.1, -0.05) is 12.1 Å². The van der Waals surface area contributed by atoms with Crippen molar-refractivity contribution in [3.05, 3.63) is 35.6 Å². The van der Waals surface area contributed by atoms with E-state index in [2.05, 4.69) is 0 Å². The van der Waals surface area contributed by atoms with Gasteiger partial charge in [-0.25, -0.2) is 12.8 Å². The smallest absolute Gasteiger partial charge is 0.251 e. The number of sulfonamides is 1. The first-order valence-corrected chi connectivity index (χ1v) is 10.2. The van der Waals surface area contributed by atoms with E-state index >= 15 is 0 Å². The van der Waals surface area contributed by atoms with Gasteiger partial charge < -0.3 is 9.64 Å². The maximum absolute atomic E-state index is 13.0. The zero-order valence-electron chi connectivity index (χ0n) is 14.1. The number of hydrogen-bond acceptors (Lipinski definition) is 4. The molecule has 0 spiro atoms. The van der Waals surface area contributed by atoms with Crippen LogP contribution in [0.4, 0.5) is 4.39 Å². The van der Waals surface area contributed by atoms with E-state index in [1.165, 1.54) is 28.6 Å². The Morgan fingerprint density at radius 3 is 2.56 bits per heavy atom. The van der Waals surface area contributed by atoms with Crippen LogP contribution in [0.25, 0.3) is 0 Å². The van der Waals surface area contributed by atoms with Crippen LogP contribution in [0.2, 0.25) is 0 Å². The molecular weight excluding hydrogens is 347 g/mol. The molecule has 0 radical (unpaired) electrons. The first-order chi connectivity index (χ1) is 12.0. The van der Waals surface area contributed by atoms with Crippen LogP contribution in [-0.2, 0) is 25.3 Å². The maximum Gasteiger partial charge on any atom is 0.251 e. The second-order valence-electron chi connectivity index (χ2n) is 6.46. The Morgan fingerprint density at radius 2 is 1.88 bits per heavy atom. The van der Waals surface area contributed by atoms with Gasteiger partial charge in [-0.2, -0.15) is 4.31 Å². The lowest BCUT2D eigenvalue weighted by Crippen LogP contribution is -2.42. The van der Waals surface area contributed by atoms with Crippen LogP contribution in [0, 0.1) is 5.82 Å².